The highest BCUT2D eigenvalue weighted by atomic mass is 16.6. The van der Waals surface area contributed by atoms with Crippen molar-refractivity contribution in [3.63, 3.8) is 0 Å². The lowest BCUT2D eigenvalue weighted by molar-refractivity contribution is 0.0496. The smallest absolute Gasteiger partial charge is 0.111 e. The van der Waals surface area contributed by atoms with Crippen LogP contribution in [-0.4, -0.2) is 36.6 Å². The van der Waals surface area contributed by atoms with Crippen LogP contribution in [0.1, 0.15) is 40.5 Å². The first kappa shape index (κ1) is 17.4. The third-order valence-electron chi connectivity index (χ3n) is 4.16. The van der Waals surface area contributed by atoms with E-state index >= 15 is 0 Å². The van der Waals surface area contributed by atoms with Crippen molar-refractivity contribution in [3.8, 4) is 0 Å². The number of hydrogen-bond donors (Lipinski definition) is 1. The fourth-order valence-electron chi connectivity index (χ4n) is 2.73. The van der Waals surface area contributed by atoms with Gasteiger partial charge in [0.15, 0.2) is 0 Å². The van der Waals surface area contributed by atoms with Crippen LogP contribution in [-0.2, 0) is 9.47 Å². The zero-order valence-electron chi connectivity index (χ0n) is 13.5. The molecule has 1 aliphatic heterocycles. The summed E-state index contributed by atoms with van der Waals surface area (Å²) in [6, 6.07) is 0. The van der Waals surface area contributed by atoms with E-state index in [-0.39, 0.29) is 24.2 Å². The Bertz CT molecular complexity index is 320. The van der Waals surface area contributed by atoms with Crippen LogP contribution in [0.3, 0.4) is 0 Å². The molecule has 20 heavy (non-hydrogen) atoms. The van der Waals surface area contributed by atoms with Crippen LogP contribution in [0, 0.1) is 11.8 Å². The summed E-state index contributed by atoms with van der Waals surface area (Å²) < 4.78 is 11.1. The van der Waals surface area contributed by atoms with Crippen LogP contribution in [0.4, 0.5) is 0 Å². The third-order valence-corrected chi connectivity index (χ3v) is 4.16. The number of ether oxygens (including phenoxy) is 2. The minimum atomic E-state index is -0.420. The lowest BCUT2D eigenvalue weighted by Crippen LogP contribution is -2.26. The highest BCUT2D eigenvalue weighted by Gasteiger charge is 2.46. The average Bonchev–Trinajstić information content (AvgIpc) is 3.18. The molecule has 0 spiro atoms. The second kappa shape index (κ2) is 8.60. The number of methoxy groups -OCH3 is 1. The Hall–Kier alpha value is -0.640. The van der Waals surface area contributed by atoms with Gasteiger partial charge in [0, 0.05) is 13.0 Å². The lowest BCUT2D eigenvalue weighted by Gasteiger charge is -2.20. The highest BCUT2D eigenvalue weighted by molar-refractivity contribution is 5.06. The third kappa shape index (κ3) is 5.04. The van der Waals surface area contributed by atoms with Gasteiger partial charge in [0.05, 0.1) is 18.3 Å². The molecule has 0 radical (unpaired) electrons. The van der Waals surface area contributed by atoms with Crippen LogP contribution in [0.15, 0.2) is 24.3 Å². The summed E-state index contributed by atoms with van der Waals surface area (Å²) in [6.45, 7) is 8.33. The molecule has 0 aromatic rings. The largest absolute Gasteiger partial charge is 0.390 e. The summed E-state index contributed by atoms with van der Waals surface area (Å²) in [7, 11) is 1.76. The lowest BCUT2D eigenvalue weighted by atomic mass is 9.92. The first-order chi connectivity index (χ1) is 9.54. The summed E-state index contributed by atoms with van der Waals surface area (Å²) in [4.78, 5) is 0. The van der Waals surface area contributed by atoms with E-state index in [4.69, 9.17) is 9.47 Å². The SMILES string of the molecule is C/C=C\C=C\C(C)C(O)C1OC1CC(C)C(CC)OC. The maximum Gasteiger partial charge on any atom is 0.111 e. The van der Waals surface area contributed by atoms with Crippen molar-refractivity contribution in [1.82, 2.24) is 0 Å². The fourth-order valence-corrected chi connectivity index (χ4v) is 2.73. The first-order valence-electron chi connectivity index (χ1n) is 7.70. The van der Waals surface area contributed by atoms with Gasteiger partial charge in [-0.25, -0.2) is 0 Å². The highest BCUT2D eigenvalue weighted by Crippen LogP contribution is 2.35. The Morgan fingerprint density at radius 1 is 1.30 bits per heavy atom. The molecular weight excluding hydrogens is 252 g/mol. The van der Waals surface area contributed by atoms with Gasteiger partial charge < -0.3 is 14.6 Å². The van der Waals surface area contributed by atoms with E-state index in [1.54, 1.807) is 7.11 Å². The number of aliphatic hydroxyl groups is 1. The number of hydrogen-bond acceptors (Lipinski definition) is 3. The van der Waals surface area contributed by atoms with Crippen LogP contribution in [0.25, 0.3) is 0 Å². The molecule has 3 heteroatoms. The fraction of sp³-hybridized carbons (Fsp3) is 0.765. The molecular formula is C17H30O3. The van der Waals surface area contributed by atoms with E-state index in [1.165, 1.54) is 0 Å². The molecule has 0 aromatic carbocycles. The van der Waals surface area contributed by atoms with Gasteiger partial charge in [0.2, 0.25) is 0 Å². The number of allylic oxidation sites excluding steroid dienone is 3. The molecule has 116 valence electrons. The number of aliphatic hydroxyl groups excluding tert-OH is 1. The molecule has 6 unspecified atom stereocenters. The summed E-state index contributed by atoms with van der Waals surface area (Å²) in [6.07, 6.45) is 9.95. The van der Waals surface area contributed by atoms with E-state index in [2.05, 4.69) is 13.8 Å². The Balaban J connectivity index is 2.38. The maximum atomic E-state index is 10.3. The van der Waals surface area contributed by atoms with Gasteiger partial charge in [-0.2, -0.15) is 0 Å². The van der Waals surface area contributed by atoms with Gasteiger partial charge in [-0.3, -0.25) is 0 Å². The molecule has 6 atom stereocenters. The van der Waals surface area contributed by atoms with Crippen molar-refractivity contribution >= 4 is 0 Å². The predicted octanol–water partition coefficient (Wildman–Crippen LogP) is 3.33. The summed E-state index contributed by atoms with van der Waals surface area (Å²) in [5, 5.41) is 10.3. The van der Waals surface area contributed by atoms with E-state index in [9.17, 15) is 5.11 Å². The molecule has 0 saturated carbocycles. The van der Waals surface area contributed by atoms with Crippen molar-refractivity contribution < 1.29 is 14.6 Å². The van der Waals surface area contributed by atoms with E-state index in [1.807, 2.05) is 38.2 Å². The standard InChI is InChI=1S/C17H30O3/c1-6-8-9-10-12(3)16(18)17-15(20-17)11-13(4)14(7-2)19-5/h6,8-10,12-18H,7,11H2,1-5H3/b8-6-,10-9+. The second-order valence-corrected chi connectivity index (χ2v) is 5.79. The molecule has 1 N–H and O–H groups in total. The van der Waals surface area contributed by atoms with Crippen molar-refractivity contribution in [3.05, 3.63) is 24.3 Å². The van der Waals surface area contributed by atoms with E-state index < -0.39 is 6.10 Å². The van der Waals surface area contributed by atoms with Gasteiger partial charge in [0.1, 0.15) is 6.10 Å². The summed E-state index contributed by atoms with van der Waals surface area (Å²) >= 11 is 0. The number of rotatable bonds is 9. The van der Waals surface area contributed by atoms with E-state index in [0.29, 0.717) is 5.92 Å². The molecule has 1 heterocycles. The normalized spacial score (nSPS) is 28.7. The Morgan fingerprint density at radius 3 is 2.55 bits per heavy atom. The average molecular weight is 282 g/mol. The Labute approximate surface area is 123 Å². The topological polar surface area (TPSA) is 42.0 Å². The molecule has 1 fully saturated rings. The quantitative estimate of drug-likeness (QED) is 0.521. The van der Waals surface area contributed by atoms with Crippen molar-refractivity contribution in [2.45, 2.75) is 65.0 Å². The number of epoxide rings is 1. The van der Waals surface area contributed by atoms with Crippen molar-refractivity contribution in [1.29, 1.82) is 0 Å². The summed E-state index contributed by atoms with van der Waals surface area (Å²) in [5.74, 6) is 0.571. The van der Waals surface area contributed by atoms with Crippen LogP contribution in [0.5, 0.6) is 0 Å². The minimum Gasteiger partial charge on any atom is -0.390 e. The molecule has 3 nitrogen and oxygen atoms in total. The Kier molecular flexibility index (Phi) is 7.49. The van der Waals surface area contributed by atoms with Gasteiger partial charge in [0.25, 0.3) is 0 Å². The van der Waals surface area contributed by atoms with Crippen LogP contribution >= 0.6 is 0 Å². The molecule has 0 aliphatic carbocycles. The first-order valence-corrected chi connectivity index (χ1v) is 7.70. The zero-order chi connectivity index (χ0) is 15.1. The van der Waals surface area contributed by atoms with Gasteiger partial charge >= 0.3 is 0 Å². The molecule has 0 aromatic heterocycles. The van der Waals surface area contributed by atoms with E-state index in [0.717, 1.165) is 12.8 Å². The minimum absolute atomic E-state index is 0.0166. The van der Waals surface area contributed by atoms with Crippen molar-refractivity contribution in [2.75, 3.05) is 7.11 Å². The van der Waals surface area contributed by atoms with Gasteiger partial charge in [-0.1, -0.05) is 45.1 Å². The maximum absolute atomic E-state index is 10.3. The molecule has 1 aliphatic rings. The predicted molar refractivity (Wildman–Crippen MR) is 82.7 cm³/mol. The second-order valence-electron chi connectivity index (χ2n) is 5.79. The van der Waals surface area contributed by atoms with Gasteiger partial charge in [-0.05, 0) is 25.7 Å². The van der Waals surface area contributed by atoms with Crippen molar-refractivity contribution in [2.24, 2.45) is 11.8 Å². The molecule has 1 saturated heterocycles. The Morgan fingerprint density at radius 2 is 2.00 bits per heavy atom. The monoisotopic (exact) mass is 282 g/mol. The van der Waals surface area contributed by atoms with Crippen LogP contribution < -0.4 is 0 Å². The van der Waals surface area contributed by atoms with Gasteiger partial charge in [-0.15, -0.1) is 0 Å². The zero-order valence-corrected chi connectivity index (χ0v) is 13.5. The molecule has 0 amide bonds. The molecule has 0 bridgehead atoms. The van der Waals surface area contributed by atoms with Crippen LogP contribution in [0.2, 0.25) is 0 Å². The summed E-state index contributed by atoms with van der Waals surface area (Å²) in [5.41, 5.74) is 0. The molecule has 1 rings (SSSR count).